The number of hydrogen-bond donors (Lipinski definition) is 2. The van der Waals surface area contributed by atoms with E-state index in [0.29, 0.717) is 0 Å². The monoisotopic (exact) mass is 237 g/mol. The van der Waals surface area contributed by atoms with Gasteiger partial charge in [0.05, 0.1) is 12.2 Å². The molecule has 0 bridgehead atoms. The number of aliphatic hydroxyl groups is 1. The molecule has 0 saturated heterocycles. The second-order valence-corrected chi connectivity index (χ2v) is 4.60. The normalized spacial score (nSPS) is 12.8. The van der Waals surface area contributed by atoms with E-state index in [9.17, 15) is 5.11 Å². The number of benzene rings is 1. The molecule has 1 aromatic carbocycles. The van der Waals surface area contributed by atoms with E-state index in [1.165, 1.54) is 0 Å². The maximum Gasteiger partial charge on any atom is 0.122 e. The lowest BCUT2D eigenvalue weighted by atomic mass is 10.0. The van der Waals surface area contributed by atoms with E-state index < -0.39 is 6.10 Å². The molecule has 3 nitrogen and oxygen atoms in total. The average Bonchev–Trinajstić information content (AvgIpc) is 2.28. The second kappa shape index (κ2) is 6.62. The van der Waals surface area contributed by atoms with Crippen molar-refractivity contribution in [2.45, 2.75) is 39.4 Å². The molecule has 0 fully saturated rings. The molecular weight excluding hydrogens is 214 g/mol. The van der Waals surface area contributed by atoms with Crippen molar-refractivity contribution in [3.05, 3.63) is 29.3 Å². The highest BCUT2D eigenvalue weighted by Crippen LogP contribution is 2.24. The van der Waals surface area contributed by atoms with Gasteiger partial charge in [-0.05, 0) is 64.0 Å². The maximum absolute atomic E-state index is 9.97. The molecule has 1 aromatic rings. The van der Waals surface area contributed by atoms with Crippen LogP contribution in [0.25, 0.3) is 0 Å². The van der Waals surface area contributed by atoms with Gasteiger partial charge < -0.3 is 15.2 Å². The minimum atomic E-state index is -0.408. The van der Waals surface area contributed by atoms with Crippen molar-refractivity contribution in [2.24, 2.45) is 0 Å². The Balaban J connectivity index is 2.73. The molecule has 0 heterocycles. The molecule has 0 radical (unpaired) electrons. The van der Waals surface area contributed by atoms with Crippen LogP contribution in [0.4, 0.5) is 0 Å². The van der Waals surface area contributed by atoms with Crippen LogP contribution in [-0.4, -0.2) is 24.8 Å². The molecule has 0 aliphatic carbocycles. The Morgan fingerprint density at radius 1 is 1.35 bits per heavy atom. The van der Waals surface area contributed by atoms with Gasteiger partial charge >= 0.3 is 0 Å². The van der Waals surface area contributed by atoms with Crippen LogP contribution in [0.3, 0.4) is 0 Å². The highest BCUT2D eigenvalue weighted by molar-refractivity contribution is 5.37. The summed E-state index contributed by atoms with van der Waals surface area (Å²) < 4.78 is 5.67. The lowest BCUT2D eigenvalue weighted by Gasteiger charge is -2.15. The maximum atomic E-state index is 9.97. The van der Waals surface area contributed by atoms with Crippen LogP contribution < -0.4 is 10.1 Å². The third-order valence-corrected chi connectivity index (χ3v) is 2.61. The number of aliphatic hydroxyl groups excluding tert-OH is 1. The largest absolute Gasteiger partial charge is 0.491 e. The Kier molecular flexibility index (Phi) is 5.45. The van der Waals surface area contributed by atoms with E-state index in [1.54, 1.807) is 0 Å². The summed E-state index contributed by atoms with van der Waals surface area (Å²) in [4.78, 5) is 0. The Morgan fingerprint density at radius 2 is 2.06 bits per heavy atom. The van der Waals surface area contributed by atoms with E-state index in [2.05, 4.69) is 5.32 Å². The van der Waals surface area contributed by atoms with Gasteiger partial charge in [-0.3, -0.25) is 0 Å². The van der Waals surface area contributed by atoms with Crippen LogP contribution >= 0.6 is 0 Å². The van der Waals surface area contributed by atoms with Crippen molar-refractivity contribution < 1.29 is 9.84 Å². The van der Waals surface area contributed by atoms with E-state index in [1.807, 2.05) is 46.0 Å². The lowest BCUT2D eigenvalue weighted by Crippen LogP contribution is -2.12. The first-order chi connectivity index (χ1) is 8.04. The lowest BCUT2D eigenvalue weighted by molar-refractivity contribution is 0.167. The standard InChI is InChI=1S/C14H23NO2/c1-10(2)17-14-6-5-12(9-11(14)3)13(16)7-8-15-4/h5-6,9-10,13,15-16H,7-8H2,1-4H3. The third-order valence-electron chi connectivity index (χ3n) is 2.61. The summed E-state index contributed by atoms with van der Waals surface area (Å²) in [6, 6.07) is 5.87. The molecule has 0 spiro atoms. The van der Waals surface area contributed by atoms with Gasteiger partial charge in [-0.1, -0.05) is 6.07 Å². The molecule has 0 aliphatic rings. The number of nitrogens with one attached hydrogen (secondary N) is 1. The molecule has 2 N–H and O–H groups in total. The molecule has 3 heteroatoms. The number of rotatable bonds is 6. The third kappa shape index (κ3) is 4.36. The molecule has 1 rings (SSSR count). The summed E-state index contributed by atoms with van der Waals surface area (Å²) in [5, 5.41) is 13.0. The SMILES string of the molecule is CNCCC(O)c1ccc(OC(C)C)c(C)c1. The van der Waals surface area contributed by atoms with Gasteiger partial charge in [0.1, 0.15) is 5.75 Å². The summed E-state index contributed by atoms with van der Waals surface area (Å²) in [6.45, 7) is 6.83. The van der Waals surface area contributed by atoms with Crippen molar-refractivity contribution in [2.75, 3.05) is 13.6 Å². The van der Waals surface area contributed by atoms with Crippen LogP contribution in [0, 0.1) is 6.92 Å². The van der Waals surface area contributed by atoms with Crippen molar-refractivity contribution >= 4 is 0 Å². The number of hydrogen-bond acceptors (Lipinski definition) is 3. The Labute approximate surface area is 104 Å². The van der Waals surface area contributed by atoms with E-state index >= 15 is 0 Å². The summed E-state index contributed by atoms with van der Waals surface area (Å²) in [5.74, 6) is 0.893. The van der Waals surface area contributed by atoms with Gasteiger partial charge in [0.15, 0.2) is 0 Å². The molecule has 1 atom stereocenters. The van der Waals surface area contributed by atoms with E-state index in [0.717, 1.165) is 29.8 Å². The van der Waals surface area contributed by atoms with Gasteiger partial charge in [-0.15, -0.1) is 0 Å². The number of ether oxygens (including phenoxy) is 1. The summed E-state index contributed by atoms with van der Waals surface area (Å²) in [5.41, 5.74) is 2.02. The van der Waals surface area contributed by atoms with Crippen molar-refractivity contribution in [3.8, 4) is 5.75 Å². The van der Waals surface area contributed by atoms with Crippen molar-refractivity contribution in [3.63, 3.8) is 0 Å². The molecule has 0 aromatic heterocycles. The van der Waals surface area contributed by atoms with Gasteiger partial charge in [0, 0.05) is 0 Å². The first-order valence-corrected chi connectivity index (χ1v) is 6.14. The Morgan fingerprint density at radius 3 is 2.59 bits per heavy atom. The molecule has 17 heavy (non-hydrogen) atoms. The fourth-order valence-corrected chi connectivity index (χ4v) is 1.71. The number of aryl methyl sites for hydroxylation is 1. The molecule has 1 unspecified atom stereocenters. The minimum absolute atomic E-state index is 0.175. The predicted molar refractivity (Wildman–Crippen MR) is 70.4 cm³/mol. The molecule has 0 amide bonds. The topological polar surface area (TPSA) is 41.5 Å². The zero-order valence-electron chi connectivity index (χ0n) is 11.2. The van der Waals surface area contributed by atoms with Crippen LogP contribution in [0.5, 0.6) is 5.75 Å². The highest BCUT2D eigenvalue weighted by Gasteiger charge is 2.09. The summed E-state index contributed by atoms with van der Waals surface area (Å²) in [6.07, 6.45) is 0.489. The first kappa shape index (κ1) is 14.0. The minimum Gasteiger partial charge on any atom is -0.491 e. The molecule has 0 aliphatic heterocycles. The van der Waals surface area contributed by atoms with E-state index in [4.69, 9.17) is 4.74 Å². The van der Waals surface area contributed by atoms with Crippen LogP contribution in [-0.2, 0) is 0 Å². The van der Waals surface area contributed by atoms with Crippen LogP contribution in [0.1, 0.15) is 37.5 Å². The van der Waals surface area contributed by atoms with Gasteiger partial charge in [0.25, 0.3) is 0 Å². The Bertz CT molecular complexity index is 350. The quantitative estimate of drug-likeness (QED) is 0.798. The fraction of sp³-hybridized carbons (Fsp3) is 0.571. The highest BCUT2D eigenvalue weighted by atomic mass is 16.5. The zero-order chi connectivity index (χ0) is 12.8. The van der Waals surface area contributed by atoms with Crippen LogP contribution in [0.15, 0.2) is 18.2 Å². The summed E-state index contributed by atoms with van der Waals surface area (Å²) >= 11 is 0. The molecule has 0 saturated carbocycles. The van der Waals surface area contributed by atoms with Gasteiger partial charge in [-0.2, -0.15) is 0 Å². The first-order valence-electron chi connectivity index (χ1n) is 6.14. The van der Waals surface area contributed by atoms with Gasteiger partial charge in [-0.25, -0.2) is 0 Å². The molecular formula is C14H23NO2. The molecule has 96 valence electrons. The zero-order valence-corrected chi connectivity index (χ0v) is 11.2. The van der Waals surface area contributed by atoms with E-state index in [-0.39, 0.29) is 6.10 Å². The fourth-order valence-electron chi connectivity index (χ4n) is 1.71. The Hall–Kier alpha value is -1.06. The van der Waals surface area contributed by atoms with Gasteiger partial charge in [0.2, 0.25) is 0 Å². The van der Waals surface area contributed by atoms with Crippen LogP contribution in [0.2, 0.25) is 0 Å². The average molecular weight is 237 g/mol. The smallest absolute Gasteiger partial charge is 0.122 e. The van der Waals surface area contributed by atoms with Crippen molar-refractivity contribution in [1.29, 1.82) is 0 Å². The second-order valence-electron chi connectivity index (χ2n) is 4.60. The van der Waals surface area contributed by atoms with Crippen molar-refractivity contribution in [1.82, 2.24) is 5.32 Å². The predicted octanol–water partition coefficient (Wildman–Crippen LogP) is 2.43. The summed E-state index contributed by atoms with van der Waals surface area (Å²) in [7, 11) is 1.89.